The van der Waals surface area contributed by atoms with Gasteiger partial charge in [-0.25, -0.2) is 0 Å². The molecular weight excluding hydrogens is 446 g/mol. The molecule has 5 aromatic rings. The van der Waals surface area contributed by atoms with Crippen molar-refractivity contribution in [2.24, 2.45) is 0 Å². The highest BCUT2D eigenvalue weighted by atomic mass is 16.5. The van der Waals surface area contributed by atoms with E-state index < -0.39 is 0 Å². The Bertz CT molecular complexity index is 1560. The lowest BCUT2D eigenvalue weighted by Crippen LogP contribution is -2.15. The molecular formula is C31H29N3O2. The van der Waals surface area contributed by atoms with Crippen LogP contribution in [0.25, 0.3) is 28.0 Å². The molecule has 2 aromatic heterocycles. The lowest BCUT2D eigenvalue weighted by molar-refractivity contribution is 0.102. The molecule has 0 saturated carbocycles. The molecule has 0 spiro atoms. The summed E-state index contributed by atoms with van der Waals surface area (Å²) >= 11 is 0. The molecule has 5 heteroatoms. The highest BCUT2D eigenvalue weighted by molar-refractivity contribution is 6.10. The maximum Gasteiger partial charge on any atom is 0.273 e. The van der Waals surface area contributed by atoms with Gasteiger partial charge in [0.1, 0.15) is 17.1 Å². The van der Waals surface area contributed by atoms with Crippen molar-refractivity contribution < 1.29 is 9.53 Å². The minimum Gasteiger partial charge on any atom is -0.497 e. The molecule has 1 aliphatic rings. The SMILES string of the molecule is COc1cccc(NC(=O)c2c(-c3ccc(C)cc3)c3c4n(c(-c5ccccc5)cn24)CCCC3)c1. The van der Waals surface area contributed by atoms with Gasteiger partial charge in [0.15, 0.2) is 0 Å². The van der Waals surface area contributed by atoms with Gasteiger partial charge in [0.25, 0.3) is 5.91 Å². The molecule has 0 unspecified atom stereocenters. The predicted molar refractivity (Wildman–Crippen MR) is 145 cm³/mol. The van der Waals surface area contributed by atoms with Crippen LogP contribution in [0.4, 0.5) is 5.69 Å². The number of benzene rings is 3. The minimum absolute atomic E-state index is 0.127. The molecule has 0 saturated heterocycles. The molecule has 0 radical (unpaired) electrons. The number of carbonyl (C=O) groups excluding carboxylic acids is 1. The summed E-state index contributed by atoms with van der Waals surface area (Å²) in [5.41, 5.74) is 9.35. The van der Waals surface area contributed by atoms with Crippen LogP contribution in [-0.4, -0.2) is 22.0 Å². The van der Waals surface area contributed by atoms with Crippen LogP contribution in [0.1, 0.15) is 34.5 Å². The van der Waals surface area contributed by atoms with Gasteiger partial charge in [-0.2, -0.15) is 0 Å². The Morgan fingerprint density at radius 2 is 1.72 bits per heavy atom. The van der Waals surface area contributed by atoms with E-state index in [0.29, 0.717) is 17.1 Å². The van der Waals surface area contributed by atoms with Gasteiger partial charge in [-0.1, -0.05) is 66.2 Å². The van der Waals surface area contributed by atoms with Crippen molar-refractivity contribution in [1.82, 2.24) is 8.97 Å². The normalized spacial score (nSPS) is 12.9. The number of hydrogen-bond acceptors (Lipinski definition) is 2. The summed E-state index contributed by atoms with van der Waals surface area (Å²) in [6, 6.07) is 26.5. The highest BCUT2D eigenvalue weighted by Gasteiger charge is 2.29. The van der Waals surface area contributed by atoms with Crippen LogP contribution in [0.5, 0.6) is 5.75 Å². The Morgan fingerprint density at radius 3 is 2.50 bits per heavy atom. The molecule has 0 aliphatic carbocycles. The third-order valence-electron chi connectivity index (χ3n) is 7.09. The lowest BCUT2D eigenvalue weighted by Gasteiger charge is -2.11. The monoisotopic (exact) mass is 475 g/mol. The van der Waals surface area contributed by atoms with E-state index in [4.69, 9.17) is 4.74 Å². The molecule has 1 amide bonds. The summed E-state index contributed by atoms with van der Waals surface area (Å²) in [6.07, 6.45) is 5.28. The van der Waals surface area contributed by atoms with E-state index in [-0.39, 0.29) is 5.91 Å². The number of amides is 1. The number of carbonyl (C=O) groups is 1. The van der Waals surface area contributed by atoms with Gasteiger partial charge in [-0.3, -0.25) is 9.20 Å². The van der Waals surface area contributed by atoms with Crippen LogP contribution in [0.2, 0.25) is 0 Å². The van der Waals surface area contributed by atoms with Crippen molar-refractivity contribution in [3.8, 4) is 28.1 Å². The number of anilines is 1. The van der Waals surface area contributed by atoms with Crippen molar-refractivity contribution >= 4 is 17.2 Å². The zero-order chi connectivity index (χ0) is 24.6. The van der Waals surface area contributed by atoms with Crippen LogP contribution in [-0.2, 0) is 13.0 Å². The van der Waals surface area contributed by atoms with Crippen LogP contribution < -0.4 is 10.1 Å². The van der Waals surface area contributed by atoms with Crippen LogP contribution in [0.15, 0.2) is 85.1 Å². The zero-order valence-corrected chi connectivity index (χ0v) is 20.6. The van der Waals surface area contributed by atoms with Gasteiger partial charge in [-0.05, 0) is 49.4 Å². The largest absolute Gasteiger partial charge is 0.497 e. The number of rotatable bonds is 5. The van der Waals surface area contributed by atoms with Gasteiger partial charge < -0.3 is 14.6 Å². The second-order valence-corrected chi connectivity index (χ2v) is 9.44. The lowest BCUT2D eigenvalue weighted by atomic mass is 9.97. The second-order valence-electron chi connectivity index (χ2n) is 9.44. The number of nitrogens with one attached hydrogen (secondary N) is 1. The van der Waals surface area contributed by atoms with Crippen LogP contribution in [0.3, 0.4) is 0 Å². The molecule has 180 valence electrons. The van der Waals surface area contributed by atoms with Gasteiger partial charge >= 0.3 is 0 Å². The summed E-state index contributed by atoms with van der Waals surface area (Å²) in [4.78, 5) is 14.0. The molecule has 0 fully saturated rings. The molecule has 1 N–H and O–H groups in total. The van der Waals surface area contributed by atoms with Gasteiger partial charge in [0.2, 0.25) is 0 Å². The van der Waals surface area contributed by atoms with E-state index in [2.05, 4.69) is 75.9 Å². The molecule has 3 heterocycles. The van der Waals surface area contributed by atoms with Crippen molar-refractivity contribution in [3.63, 3.8) is 0 Å². The minimum atomic E-state index is -0.127. The van der Waals surface area contributed by atoms with E-state index in [1.807, 2.05) is 30.3 Å². The number of ether oxygens (including phenoxy) is 1. The van der Waals surface area contributed by atoms with Crippen molar-refractivity contribution in [1.29, 1.82) is 0 Å². The maximum atomic E-state index is 14.0. The highest BCUT2D eigenvalue weighted by Crippen LogP contribution is 2.39. The van der Waals surface area contributed by atoms with E-state index in [1.165, 1.54) is 11.1 Å². The standard InChI is InChI=1S/C31H29N3O2/c1-21-14-16-23(17-15-21)28-26-13-6-7-18-33-27(22-9-4-3-5-10-22)20-34(31(26)33)29(28)30(35)32-24-11-8-12-25(19-24)36-2/h3-5,8-12,14-17,19-20H,6-7,13,18H2,1-2H3,(H,32,35). The second kappa shape index (κ2) is 9.08. The van der Waals surface area contributed by atoms with E-state index in [9.17, 15) is 4.79 Å². The zero-order valence-electron chi connectivity index (χ0n) is 20.6. The fraction of sp³-hybridized carbons (Fsp3) is 0.194. The molecule has 5 nitrogen and oxygen atoms in total. The van der Waals surface area contributed by atoms with Crippen LogP contribution in [0, 0.1) is 6.92 Å². The fourth-order valence-corrected chi connectivity index (χ4v) is 5.37. The van der Waals surface area contributed by atoms with Crippen molar-refractivity contribution in [2.45, 2.75) is 32.7 Å². The molecule has 36 heavy (non-hydrogen) atoms. The van der Waals surface area contributed by atoms with Crippen molar-refractivity contribution in [3.05, 3.63) is 102 Å². The molecule has 0 bridgehead atoms. The third-order valence-corrected chi connectivity index (χ3v) is 7.09. The number of methoxy groups -OCH3 is 1. The van der Waals surface area contributed by atoms with Gasteiger partial charge in [0, 0.05) is 35.6 Å². The topological polar surface area (TPSA) is 47.7 Å². The Labute approximate surface area is 211 Å². The number of nitrogens with zero attached hydrogens (tertiary/aromatic N) is 2. The summed E-state index contributed by atoms with van der Waals surface area (Å²) < 4.78 is 9.89. The number of aryl methyl sites for hydroxylation is 3. The number of imidazole rings is 1. The van der Waals surface area contributed by atoms with E-state index in [1.54, 1.807) is 7.11 Å². The molecule has 1 aliphatic heterocycles. The maximum absolute atomic E-state index is 14.0. The molecule has 6 rings (SSSR count). The third kappa shape index (κ3) is 3.77. The number of aromatic nitrogens is 2. The first-order chi connectivity index (χ1) is 17.6. The summed E-state index contributed by atoms with van der Waals surface area (Å²) in [6.45, 7) is 3.02. The summed E-state index contributed by atoms with van der Waals surface area (Å²) in [5.74, 6) is 0.580. The van der Waals surface area contributed by atoms with E-state index >= 15 is 0 Å². The quantitative estimate of drug-likeness (QED) is 0.298. The van der Waals surface area contributed by atoms with Crippen LogP contribution >= 0.6 is 0 Å². The number of hydrogen-bond donors (Lipinski definition) is 1. The molecule has 0 atom stereocenters. The first-order valence-electron chi connectivity index (χ1n) is 12.5. The first kappa shape index (κ1) is 22.2. The van der Waals surface area contributed by atoms with Gasteiger partial charge in [0.05, 0.1) is 12.8 Å². The van der Waals surface area contributed by atoms with Gasteiger partial charge in [-0.15, -0.1) is 0 Å². The fourth-order valence-electron chi connectivity index (χ4n) is 5.37. The molecule has 3 aromatic carbocycles. The van der Waals surface area contributed by atoms with Crippen molar-refractivity contribution in [2.75, 3.05) is 12.4 Å². The Hall–Kier alpha value is -4.25. The van der Waals surface area contributed by atoms with E-state index in [0.717, 1.165) is 53.8 Å². The predicted octanol–water partition coefficient (Wildman–Crippen LogP) is 6.98. The Morgan fingerprint density at radius 1 is 0.917 bits per heavy atom. The average molecular weight is 476 g/mol. The summed E-state index contributed by atoms with van der Waals surface area (Å²) in [5, 5.41) is 3.14. The Balaban J connectivity index is 1.59. The summed E-state index contributed by atoms with van der Waals surface area (Å²) in [7, 11) is 1.63. The smallest absolute Gasteiger partial charge is 0.273 e. The average Bonchev–Trinajstić information content (AvgIpc) is 3.33. The first-order valence-corrected chi connectivity index (χ1v) is 12.5. The Kier molecular flexibility index (Phi) is 5.61.